The number of thiazole rings is 1. The van der Waals surface area contributed by atoms with Crippen LogP contribution < -0.4 is 10.6 Å². The van der Waals surface area contributed by atoms with Gasteiger partial charge in [0.2, 0.25) is 0 Å². The van der Waals surface area contributed by atoms with Gasteiger partial charge in [-0.25, -0.2) is 4.98 Å². The van der Waals surface area contributed by atoms with E-state index in [2.05, 4.69) is 38.1 Å². The Balaban J connectivity index is 0.00000264. The van der Waals surface area contributed by atoms with E-state index in [0.29, 0.717) is 0 Å². The molecule has 2 rings (SSSR count). The molecule has 2 N–H and O–H groups in total. The summed E-state index contributed by atoms with van der Waals surface area (Å²) in [7, 11) is 1.80. The highest BCUT2D eigenvalue weighted by Crippen LogP contribution is 2.11. The van der Waals surface area contributed by atoms with Crippen molar-refractivity contribution in [2.45, 2.75) is 32.7 Å². The van der Waals surface area contributed by atoms with Crippen molar-refractivity contribution < 1.29 is 0 Å². The Hall–Kier alpha value is -1.15. The number of aliphatic imine (C=N–C) groups is 1. The highest BCUT2D eigenvalue weighted by Gasteiger charge is 2.00. The Morgan fingerprint density at radius 2 is 1.96 bits per heavy atom. The van der Waals surface area contributed by atoms with Crippen LogP contribution in [0.5, 0.6) is 0 Å². The summed E-state index contributed by atoms with van der Waals surface area (Å²) in [4.78, 5) is 8.73. The molecule has 126 valence electrons. The lowest BCUT2D eigenvalue weighted by atomic mass is 10.2. The highest BCUT2D eigenvalue weighted by atomic mass is 127. The molecular weight excluding hydrogens is 419 g/mol. The normalized spacial score (nSPS) is 11.0. The molecule has 0 aliphatic rings. The average molecular weight is 444 g/mol. The molecule has 23 heavy (non-hydrogen) atoms. The first-order valence-electron chi connectivity index (χ1n) is 7.67. The van der Waals surface area contributed by atoms with E-state index < -0.39 is 0 Å². The van der Waals surface area contributed by atoms with Crippen molar-refractivity contribution in [2.75, 3.05) is 13.6 Å². The summed E-state index contributed by atoms with van der Waals surface area (Å²) in [6, 6.07) is 10.3. The smallest absolute Gasteiger partial charge is 0.191 e. The van der Waals surface area contributed by atoms with Crippen LogP contribution in [0.1, 0.15) is 29.1 Å². The zero-order chi connectivity index (χ0) is 15.6. The van der Waals surface area contributed by atoms with Crippen molar-refractivity contribution >= 4 is 41.3 Å². The number of aromatic nitrogens is 1. The van der Waals surface area contributed by atoms with Crippen LogP contribution in [-0.2, 0) is 13.0 Å². The van der Waals surface area contributed by atoms with Gasteiger partial charge in [0.15, 0.2) is 5.96 Å². The highest BCUT2D eigenvalue weighted by molar-refractivity contribution is 14.0. The Labute approximate surface area is 159 Å². The number of nitrogens with one attached hydrogen (secondary N) is 2. The van der Waals surface area contributed by atoms with Gasteiger partial charge in [-0.05, 0) is 31.7 Å². The summed E-state index contributed by atoms with van der Waals surface area (Å²) in [5.74, 6) is 0.856. The van der Waals surface area contributed by atoms with Crippen molar-refractivity contribution in [1.82, 2.24) is 15.6 Å². The molecule has 0 aliphatic carbocycles. The second kappa shape index (κ2) is 11.4. The van der Waals surface area contributed by atoms with Gasteiger partial charge in [0, 0.05) is 31.2 Å². The Morgan fingerprint density at radius 1 is 1.17 bits per heavy atom. The molecule has 0 amide bonds. The maximum absolute atomic E-state index is 4.48. The molecule has 4 nitrogen and oxygen atoms in total. The Kier molecular flexibility index (Phi) is 9.86. The molecule has 0 fully saturated rings. The second-order valence-electron chi connectivity index (χ2n) is 5.18. The number of halogens is 1. The van der Waals surface area contributed by atoms with E-state index >= 15 is 0 Å². The van der Waals surface area contributed by atoms with E-state index in [1.165, 1.54) is 10.6 Å². The molecular formula is C17H25IN4S. The SMILES string of the molecule is CN=C(NCCCCc1nc(C)cs1)NCc1ccccc1.I. The standard InChI is InChI=1S/C17H24N4S.HI/c1-14-13-22-16(21-14)10-6-7-11-19-17(18-2)20-12-15-8-4-3-5-9-15;/h3-5,8-9,13H,6-7,10-12H2,1-2H3,(H2,18,19,20);1H. The van der Waals surface area contributed by atoms with E-state index in [-0.39, 0.29) is 24.0 Å². The number of hydrogen-bond donors (Lipinski definition) is 2. The molecule has 0 atom stereocenters. The molecule has 0 saturated carbocycles. The van der Waals surface area contributed by atoms with Crippen LogP contribution >= 0.6 is 35.3 Å². The number of nitrogens with zero attached hydrogens (tertiary/aromatic N) is 2. The predicted octanol–water partition coefficient (Wildman–Crippen LogP) is 3.76. The van der Waals surface area contributed by atoms with Crippen LogP contribution in [0.4, 0.5) is 0 Å². The van der Waals surface area contributed by atoms with Crippen molar-refractivity contribution in [3.63, 3.8) is 0 Å². The third-order valence-electron chi connectivity index (χ3n) is 3.30. The quantitative estimate of drug-likeness (QED) is 0.296. The Bertz CT molecular complexity index is 583. The fourth-order valence-electron chi connectivity index (χ4n) is 2.13. The van der Waals surface area contributed by atoms with Crippen LogP contribution in [0, 0.1) is 6.92 Å². The number of rotatable bonds is 7. The molecule has 0 bridgehead atoms. The van der Waals surface area contributed by atoms with E-state index in [9.17, 15) is 0 Å². The van der Waals surface area contributed by atoms with Crippen LogP contribution in [0.25, 0.3) is 0 Å². The van der Waals surface area contributed by atoms with E-state index in [1.54, 1.807) is 18.4 Å². The zero-order valence-electron chi connectivity index (χ0n) is 13.7. The first kappa shape index (κ1) is 19.9. The summed E-state index contributed by atoms with van der Waals surface area (Å²) in [5.41, 5.74) is 2.38. The van der Waals surface area contributed by atoms with Crippen LogP contribution in [-0.4, -0.2) is 24.5 Å². The molecule has 6 heteroatoms. The van der Waals surface area contributed by atoms with Gasteiger partial charge >= 0.3 is 0 Å². The fourth-order valence-corrected chi connectivity index (χ4v) is 2.95. The minimum atomic E-state index is 0. The minimum absolute atomic E-state index is 0. The third-order valence-corrected chi connectivity index (χ3v) is 4.33. The summed E-state index contributed by atoms with van der Waals surface area (Å²) in [6.45, 7) is 3.77. The van der Waals surface area contributed by atoms with Gasteiger partial charge in [-0.3, -0.25) is 4.99 Å². The van der Waals surface area contributed by atoms with Gasteiger partial charge in [0.25, 0.3) is 0 Å². The summed E-state index contributed by atoms with van der Waals surface area (Å²) in [5, 5.41) is 10.0. The van der Waals surface area contributed by atoms with Crippen LogP contribution in [0.15, 0.2) is 40.7 Å². The summed E-state index contributed by atoms with van der Waals surface area (Å²) >= 11 is 1.76. The molecule has 0 aliphatic heterocycles. The first-order chi connectivity index (χ1) is 10.8. The average Bonchev–Trinajstić information content (AvgIpc) is 2.96. The number of benzene rings is 1. The number of aryl methyl sites for hydroxylation is 2. The molecule has 1 aromatic carbocycles. The van der Waals surface area contributed by atoms with Gasteiger partial charge in [-0.1, -0.05) is 30.3 Å². The molecule has 0 radical (unpaired) electrons. The van der Waals surface area contributed by atoms with E-state index in [1.807, 2.05) is 25.1 Å². The number of hydrogen-bond acceptors (Lipinski definition) is 3. The maximum atomic E-state index is 4.48. The fraction of sp³-hybridized carbons (Fsp3) is 0.412. The molecule has 0 spiro atoms. The maximum Gasteiger partial charge on any atom is 0.191 e. The van der Waals surface area contributed by atoms with E-state index in [0.717, 1.165) is 44.0 Å². The van der Waals surface area contributed by atoms with Crippen molar-refractivity contribution in [3.8, 4) is 0 Å². The molecule has 1 heterocycles. The van der Waals surface area contributed by atoms with Crippen molar-refractivity contribution in [1.29, 1.82) is 0 Å². The zero-order valence-corrected chi connectivity index (χ0v) is 16.9. The predicted molar refractivity (Wildman–Crippen MR) is 110 cm³/mol. The van der Waals surface area contributed by atoms with Crippen molar-refractivity contribution in [3.05, 3.63) is 52.0 Å². The number of guanidine groups is 1. The van der Waals surface area contributed by atoms with Gasteiger partial charge in [0.05, 0.1) is 5.01 Å². The lowest BCUT2D eigenvalue weighted by Crippen LogP contribution is -2.37. The molecule has 1 aromatic heterocycles. The lowest BCUT2D eigenvalue weighted by molar-refractivity contribution is 0.692. The molecule has 0 unspecified atom stereocenters. The first-order valence-corrected chi connectivity index (χ1v) is 8.55. The molecule has 0 saturated heterocycles. The number of unbranched alkanes of at least 4 members (excludes halogenated alkanes) is 1. The second-order valence-corrected chi connectivity index (χ2v) is 6.12. The van der Waals surface area contributed by atoms with Crippen LogP contribution in [0.2, 0.25) is 0 Å². The lowest BCUT2D eigenvalue weighted by Gasteiger charge is -2.11. The summed E-state index contributed by atoms with van der Waals surface area (Å²) < 4.78 is 0. The minimum Gasteiger partial charge on any atom is -0.356 e. The summed E-state index contributed by atoms with van der Waals surface area (Å²) in [6.07, 6.45) is 3.33. The largest absolute Gasteiger partial charge is 0.356 e. The van der Waals surface area contributed by atoms with Gasteiger partial charge in [-0.2, -0.15) is 0 Å². The van der Waals surface area contributed by atoms with Gasteiger partial charge in [0.1, 0.15) is 0 Å². The van der Waals surface area contributed by atoms with Gasteiger partial charge < -0.3 is 10.6 Å². The van der Waals surface area contributed by atoms with Gasteiger partial charge in [-0.15, -0.1) is 35.3 Å². The third kappa shape index (κ3) is 7.78. The molecule has 2 aromatic rings. The van der Waals surface area contributed by atoms with Crippen molar-refractivity contribution in [2.24, 2.45) is 4.99 Å². The van der Waals surface area contributed by atoms with Crippen LogP contribution in [0.3, 0.4) is 0 Å². The Morgan fingerprint density at radius 3 is 2.61 bits per heavy atom. The van der Waals surface area contributed by atoms with E-state index in [4.69, 9.17) is 0 Å². The topological polar surface area (TPSA) is 49.3 Å². The monoisotopic (exact) mass is 444 g/mol.